The Hall–Kier alpha value is -0.110. The average Bonchev–Trinajstić information content (AvgIpc) is 1.67. The molecule has 0 rings (SSSR count). The van der Waals surface area contributed by atoms with Crippen LogP contribution in [0.4, 0.5) is 0 Å². The summed E-state index contributed by atoms with van der Waals surface area (Å²) in [5.41, 5.74) is 6.18. The Kier molecular flexibility index (Phi) is 3.79. The lowest BCUT2D eigenvalue weighted by atomic mass is 10.4. The third kappa shape index (κ3) is 2.97. The fraction of sp³-hybridized carbons (Fsp3) is 0.667. The standard InChI is InChI=1S/C6H13NS/c1-4-8-6(3)5(2)7/h6H,2,4,7H2,1,3H3. The minimum atomic E-state index is 0.417. The molecule has 1 unspecified atom stereocenters. The van der Waals surface area contributed by atoms with Crippen LogP contribution in [0.1, 0.15) is 13.8 Å². The number of hydrogen-bond donors (Lipinski definition) is 1. The molecule has 0 aromatic carbocycles. The van der Waals surface area contributed by atoms with E-state index in [-0.39, 0.29) is 0 Å². The maximum atomic E-state index is 5.41. The molecule has 1 nitrogen and oxygen atoms in total. The first-order chi connectivity index (χ1) is 3.68. The van der Waals surface area contributed by atoms with E-state index in [2.05, 4.69) is 20.4 Å². The number of rotatable bonds is 3. The van der Waals surface area contributed by atoms with Gasteiger partial charge in [0.15, 0.2) is 0 Å². The van der Waals surface area contributed by atoms with E-state index in [1.807, 2.05) is 11.8 Å². The lowest BCUT2D eigenvalue weighted by molar-refractivity contribution is 1.10. The van der Waals surface area contributed by atoms with E-state index in [1.165, 1.54) is 0 Å². The number of nitrogens with two attached hydrogens (primary N) is 1. The summed E-state index contributed by atoms with van der Waals surface area (Å²) in [7, 11) is 0. The molecule has 0 aliphatic carbocycles. The van der Waals surface area contributed by atoms with Crippen molar-refractivity contribution in [3.8, 4) is 0 Å². The van der Waals surface area contributed by atoms with Gasteiger partial charge < -0.3 is 5.73 Å². The predicted octanol–water partition coefficient (Wildman–Crippen LogP) is 1.60. The highest BCUT2D eigenvalue weighted by molar-refractivity contribution is 8.00. The van der Waals surface area contributed by atoms with Crippen molar-refractivity contribution >= 4 is 11.8 Å². The third-order valence-corrected chi connectivity index (χ3v) is 2.07. The van der Waals surface area contributed by atoms with Crippen LogP contribution in [0, 0.1) is 0 Å². The summed E-state index contributed by atoms with van der Waals surface area (Å²) < 4.78 is 0. The molecule has 0 fully saturated rings. The van der Waals surface area contributed by atoms with E-state index < -0.39 is 0 Å². The quantitative estimate of drug-likeness (QED) is 0.629. The van der Waals surface area contributed by atoms with Crippen molar-refractivity contribution in [2.75, 3.05) is 5.75 Å². The highest BCUT2D eigenvalue weighted by atomic mass is 32.2. The number of thioether (sulfide) groups is 1. The van der Waals surface area contributed by atoms with Gasteiger partial charge in [-0.2, -0.15) is 11.8 Å². The molecule has 2 heteroatoms. The Balaban J connectivity index is 3.32. The van der Waals surface area contributed by atoms with Gasteiger partial charge in [-0.25, -0.2) is 0 Å². The zero-order valence-electron chi connectivity index (χ0n) is 5.48. The van der Waals surface area contributed by atoms with Gasteiger partial charge in [-0.05, 0) is 12.7 Å². The van der Waals surface area contributed by atoms with Crippen LogP contribution < -0.4 is 5.73 Å². The van der Waals surface area contributed by atoms with Crippen molar-refractivity contribution in [2.45, 2.75) is 19.1 Å². The van der Waals surface area contributed by atoms with Crippen LogP contribution in [-0.4, -0.2) is 11.0 Å². The lowest BCUT2D eigenvalue weighted by Gasteiger charge is -2.06. The Morgan fingerprint density at radius 3 is 2.50 bits per heavy atom. The molecule has 0 radical (unpaired) electrons. The van der Waals surface area contributed by atoms with Crippen LogP contribution in [-0.2, 0) is 0 Å². The molecule has 0 aromatic rings. The van der Waals surface area contributed by atoms with Crippen molar-refractivity contribution in [2.24, 2.45) is 5.73 Å². The van der Waals surface area contributed by atoms with Gasteiger partial charge in [0.05, 0.1) is 0 Å². The first kappa shape index (κ1) is 7.89. The molecule has 0 saturated heterocycles. The van der Waals surface area contributed by atoms with Gasteiger partial charge in [0, 0.05) is 10.9 Å². The fourth-order valence-electron chi connectivity index (χ4n) is 0.357. The fourth-order valence-corrected chi connectivity index (χ4v) is 1.07. The first-order valence-corrected chi connectivity index (χ1v) is 3.79. The van der Waals surface area contributed by atoms with Gasteiger partial charge in [0.2, 0.25) is 0 Å². The van der Waals surface area contributed by atoms with Crippen molar-refractivity contribution < 1.29 is 0 Å². The van der Waals surface area contributed by atoms with Crippen molar-refractivity contribution in [1.29, 1.82) is 0 Å². The van der Waals surface area contributed by atoms with Gasteiger partial charge in [-0.1, -0.05) is 13.5 Å². The third-order valence-electron chi connectivity index (χ3n) is 0.939. The maximum absolute atomic E-state index is 5.41. The molecule has 1 atom stereocenters. The predicted molar refractivity (Wildman–Crippen MR) is 40.9 cm³/mol. The van der Waals surface area contributed by atoms with Crippen LogP contribution in [0.15, 0.2) is 12.3 Å². The Bertz CT molecular complexity index is 80.6. The molecule has 0 spiro atoms. The van der Waals surface area contributed by atoms with Crippen molar-refractivity contribution in [3.63, 3.8) is 0 Å². The normalized spacial score (nSPS) is 13.2. The summed E-state index contributed by atoms with van der Waals surface area (Å²) in [6.45, 7) is 7.81. The minimum Gasteiger partial charge on any atom is -0.402 e. The van der Waals surface area contributed by atoms with Gasteiger partial charge in [-0.3, -0.25) is 0 Å². The lowest BCUT2D eigenvalue weighted by Crippen LogP contribution is -2.08. The molecule has 0 amide bonds. The summed E-state index contributed by atoms with van der Waals surface area (Å²) in [5.74, 6) is 1.11. The van der Waals surface area contributed by atoms with E-state index in [9.17, 15) is 0 Å². The zero-order valence-corrected chi connectivity index (χ0v) is 6.29. The highest BCUT2D eigenvalue weighted by Gasteiger charge is 1.98. The van der Waals surface area contributed by atoms with E-state index in [1.54, 1.807) is 0 Å². The second-order valence-corrected chi connectivity index (χ2v) is 3.29. The zero-order chi connectivity index (χ0) is 6.57. The minimum absolute atomic E-state index is 0.417. The second kappa shape index (κ2) is 3.84. The molecule has 0 bridgehead atoms. The largest absolute Gasteiger partial charge is 0.402 e. The van der Waals surface area contributed by atoms with Crippen LogP contribution >= 0.6 is 11.8 Å². The molecular weight excluding hydrogens is 118 g/mol. The second-order valence-electron chi connectivity index (χ2n) is 1.67. The van der Waals surface area contributed by atoms with E-state index in [0.717, 1.165) is 11.4 Å². The smallest absolute Gasteiger partial charge is 0.0408 e. The van der Waals surface area contributed by atoms with Gasteiger partial charge in [0.1, 0.15) is 0 Å². The van der Waals surface area contributed by atoms with E-state index in [0.29, 0.717) is 5.25 Å². The molecule has 2 N–H and O–H groups in total. The van der Waals surface area contributed by atoms with Crippen LogP contribution in [0.25, 0.3) is 0 Å². The Morgan fingerprint density at radius 1 is 1.88 bits per heavy atom. The molecule has 0 aliphatic rings. The van der Waals surface area contributed by atoms with Gasteiger partial charge in [-0.15, -0.1) is 0 Å². The summed E-state index contributed by atoms with van der Waals surface area (Å²) in [6.07, 6.45) is 0. The molecule has 8 heavy (non-hydrogen) atoms. The maximum Gasteiger partial charge on any atom is 0.0408 e. The average molecular weight is 131 g/mol. The Morgan fingerprint density at radius 2 is 2.38 bits per heavy atom. The van der Waals surface area contributed by atoms with Crippen LogP contribution in [0.5, 0.6) is 0 Å². The summed E-state index contributed by atoms with van der Waals surface area (Å²) in [4.78, 5) is 0. The Labute approximate surface area is 55.3 Å². The molecule has 48 valence electrons. The molecule has 0 aliphatic heterocycles. The van der Waals surface area contributed by atoms with Gasteiger partial charge in [0.25, 0.3) is 0 Å². The highest BCUT2D eigenvalue weighted by Crippen LogP contribution is 2.12. The molecule has 0 heterocycles. The van der Waals surface area contributed by atoms with Crippen molar-refractivity contribution in [1.82, 2.24) is 0 Å². The SMILES string of the molecule is C=C(N)C(C)SCC. The van der Waals surface area contributed by atoms with E-state index >= 15 is 0 Å². The van der Waals surface area contributed by atoms with E-state index in [4.69, 9.17) is 5.73 Å². The topological polar surface area (TPSA) is 26.0 Å². The molecule has 0 aromatic heterocycles. The number of hydrogen-bond acceptors (Lipinski definition) is 2. The van der Waals surface area contributed by atoms with Gasteiger partial charge >= 0.3 is 0 Å². The molecular formula is C6H13NS. The summed E-state index contributed by atoms with van der Waals surface area (Å²) in [5, 5.41) is 0.417. The van der Waals surface area contributed by atoms with Crippen LogP contribution in [0.2, 0.25) is 0 Å². The van der Waals surface area contributed by atoms with Crippen molar-refractivity contribution in [3.05, 3.63) is 12.3 Å². The monoisotopic (exact) mass is 131 g/mol. The van der Waals surface area contributed by atoms with Crippen LogP contribution in [0.3, 0.4) is 0 Å². The first-order valence-electron chi connectivity index (χ1n) is 2.74. The summed E-state index contributed by atoms with van der Waals surface area (Å²) >= 11 is 1.81. The summed E-state index contributed by atoms with van der Waals surface area (Å²) in [6, 6.07) is 0. The molecule has 0 saturated carbocycles.